The molecule has 1 heterocycles. The SMILES string of the molecule is CCOC(=O)OC1=C(c2ccccc2)C(CCC(=O)O)OC1=O. The van der Waals surface area contributed by atoms with Gasteiger partial charge in [-0.25, -0.2) is 9.59 Å². The van der Waals surface area contributed by atoms with Crippen molar-refractivity contribution in [1.82, 2.24) is 0 Å². The molecule has 0 saturated heterocycles. The number of carboxylic acid groups (broad SMARTS) is 1. The van der Waals surface area contributed by atoms with Gasteiger partial charge in [0.2, 0.25) is 5.76 Å². The molecule has 0 saturated carbocycles. The molecule has 1 aliphatic rings. The normalized spacial score (nSPS) is 16.9. The van der Waals surface area contributed by atoms with E-state index in [1.807, 2.05) is 0 Å². The van der Waals surface area contributed by atoms with Crippen molar-refractivity contribution in [3.63, 3.8) is 0 Å². The van der Waals surface area contributed by atoms with Gasteiger partial charge in [-0.3, -0.25) is 4.79 Å². The lowest BCUT2D eigenvalue weighted by atomic mass is 9.97. The van der Waals surface area contributed by atoms with Gasteiger partial charge in [0, 0.05) is 6.42 Å². The van der Waals surface area contributed by atoms with Gasteiger partial charge in [-0.05, 0) is 18.9 Å². The zero-order chi connectivity index (χ0) is 16.8. The Hall–Kier alpha value is -2.83. The summed E-state index contributed by atoms with van der Waals surface area (Å²) in [6.45, 7) is 1.71. The van der Waals surface area contributed by atoms with E-state index < -0.39 is 24.2 Å². The summed E-state index contributed by atoms with van der Waals surface area (Å²) in [5.41, 5.74) is 0.970. The van der Waals surface area contributed by atoms with Crippen LogP contribution in [0.5, 0.6) is 0 Å². The molecule has 1 aromatic carbocycles. The van der Waals surface area contributed by atoms with E-state index in [9.17, 15) is 14.4 Å². The molecule has 1 aliphatic heterocycles. The lowest BCUT2D eigenvalue weighted by Gasteiger charge is -2.12. The fraction of sp³-hybridized carbons (Fsp3) is 0.312. The second kappa shape index (κ2) is 7.44. The number of aliphatic carboxylic acids is 1. The average molecular weight is 320 g/mol. The van der Waals surface area contributed by atoms with E-state index in [0.29, 0.717) is 11.1 Å². The molecule has 23 heavy (non-hydrogen) atoms. The molecular weight excluding hydrogens is 304 g/mol. The van der Waals surface area contributed by atoms with Gasteiger partial charge in [0.05, 0.1) is 12.2 Å². The van der Waals surface area contributed by atoms with Gasteiger partial charge in [0.15, 0.2) is 0 Å². The Morgan fingerprint density at radius 2 is 1.96 bits per heavy atom. The van der Waals surface area contributed by atoms with Crippen molar-refractivity contribution in [1.29, 1.82) is 0 Å². The van der Waals surface area contributed by atoms with Crippen LogP contribution in [0.25, 0.3) is 5.57 Å². The van der Waals surface area contributed by atoms with Crippen LogP contribution in [0.15, 0.2) is 36.1 Å². The highest BCUT2D eigenvalue weighted by Crippen LogP contribution is 2.34. The summed E-state index contributed by atoms with van der Waals surface area (Å²) < 4.78 is 14.8. The van der Waals surface area contributed by atoms with Crippen molar-refractivity contribution in [2.24, 2.45) is 0 Å². The van der Waals surface area contributed by atoms with Crippen LogP contribution < -0.4 is 0 Å². The van der Waals surface area contributed by atoms with E-state index in [1.165, 1.54) is 0 Å². The van der Waals surface area contributed by atoms with Crippen molar-refractivity contribution >= 4 is 23.7 Å². The van der Waals surface area contributed by atoms with Gasteiger partial charge in [0.25, 0.3) is 0 Å². The minimum Gasteiger partial charge on any atom is -0.481 e. The Morgan fingerprint density at radius 1 is 1.26 bits per heavy atom. The first-order valence-corrected chi connectivity index (χ1v) is 7.10. The van der Waals surface area contributed by atoms with Gasteiger partial charge in [-0.15, -0.1) is 0 Å². The molecule has 0 radical (unpaired) electrons. The largest absolute Gasteiger partial charge is 0.514 e. The molecule has 7 nitrogen and oxygen atoms in total. The number of hydrogen-bond acceptors (Lipinski definition) is 6. The lowest BCUT2D eigenvalue weighted by molar-refractivity contribution is -0.144. The van der Waals surface area contributed by atoms with Crippen LogP contribution >= 0.6 is 0 Å². The fourth-order valence-corrected chi connectivity index (χ4v) is 2.22. The summed E-state index contributed by atoms with van der Waals surface area (Å²) in [5, 5.41) is 8.82. The molecule has 0 fully saturated rings. The Bertz CT molecular complexity index is 633. The summed E-state index contributed by atoms with van der Waals surface area (Å²) in [4.78, 5) is 34.3. The maximum atomic E-state index is 12.0. The van der Waals surface area contributed by atoms with Crippen LogP contribution in [0.3, 0.4) is 0 Å². The Labute approximate surface area is 132 Å². The standard InChI is InChI=1S/C16H16O7/c1-2-21-16(20)23-14-13(10-6-4-3-5-7-10)11(22-15(14)19)8-9-12(17)18/h3-7,11H,2,8-9H2,1H3,(H,17,18). The molecule has 0 aliphatic carbocycles. The molecule has 0 amide bonds. The number of benzene rings is 1. The van der Waals surface area contributed by atoms with Gasteiger partial charge in [-0.2, -0.15) is 0 Å². The van der Waals surface area contributed by atoms with Gasteiger partial charge in [0.1, 0.15) is 6.10 Å². The zero-order valence-corrected chi connectivity index (χ0v) is 12.5. The number of carbonyl (C=O) groups excluding carboxylic acids is 2. The van der Waals surface area contributed by atoms with E-state index in [1.54, 1.807) is 37.3 Å². The summed E-state index contributed by atoms with van der Waals surface area (Å²) >= 11 is 0. The Morgan fingerprint density at radius 3 is 2.57 bits per heavy atom. The van der Waals surface area contributed by atoms with E-state index in [-0.39, 0.29) is 25.2 Å². The van der Waals surface area contributed by atoms with Crippen molar-refractivity contribution in [2.75, 3.05) is 6.61 Å². The Kier molecular flexibility index (Phi) is 5.35. The summed E-state index contributed by atoms with van der Waals surface area (Å²) in [6, 6.07) is 8.74. The minimum atomic E-state index is -1.01. The predicted octanol–water partition coefficient (Wildman–Crippen LogP) is 2.36. The number of cyclic esters (lactones) is 1. The second-order valence-electron chi connectivity index (χ2n) is 4.72. The van der Waals surface area contributed by atoms with Crippen molar-refractivity contribution in [2.45, 2.75) is 25.9 Å². The first kappa shape index (κ1) is 16.5. The molecule has 0 bridgehead atoms. The molecule has 122 valence electrons. The van der Waals surface area contributed by atoms with Gasteiger partial charge < -0.3 is 19.3 Å². The molecule has 0 aromatic heterocycles. The molecule has 1 aromatic rings. The van der Waals surface area contributed by atoms with Crippen molar-refractivity contribution in [3.05, 3.63) is 41.7 Å². The number of esters is 1. The summed E-state index contributed by atoms with van der Waals surface area (Å²) in [7, 11) is 0. The highest BCUT2D eigenvalue weighted by Gasteiger charge is 2.38. The summed E-state index contributed by atoms with van der Waals surface area (Å²) in [5.74, 6) is -2.08. The molecule has 1 unspecified atom stereocenters. The van der Waals surface area contributed by atoms with Crippen LogP contribution in [0, 0.1) is 0 Å². The number of carbonyl (C=O) groups is 3. The van der Waals surface area contributed by atoms with E-state index >= 15 is 0 Å². The quantitative estimate of drug-likeness (QED) is 0.803. The van der Waals surface area contributed by atoms with Gasteiger partial charge in [-0.1, -0.05) is 30.3 Å². The fourth-order valence-electron chi connectivity index (χ4n) is 2.22. The molecular formula is C16H16O7. The maximum Gasteiger partial charge on any atom is 0.514 e. The van der Waals surface area contributed by atoms with Crippen LogP contribution in [0.2, 0.25) is 0 Å². The Balaban J connectivity index is 2.35. The van der Waals surface area contributed by atoms with E-state index in [0.717, 1.165) is 0 Å². The van der Waals surface area contributed by atoms with Crippen LogP contribution in [0.4, 0.5) is 4.79 Å². The molecule has 0 spiro atoms. The third-order valence-electron chi connectivity index (χ3n) is 3.15. The predicted molar refractivity (Wildman–Crippen MR) is 78.2 cm³/mol. The highest BCUT2D eigenvalue weighted by atomic mass is 16.7. The lowest BCUT2D eigenvalue weighted by Crippen LogP contribution is -2.13. The van der Waals surface area contributed by atoms with E-state index in [2.05, 4.69) is 4.74 Å². The van der Waals surface area contributed by atoms with Gasteiger partial charge >= 0.3 is 18.1 Å². The van der Waals surface area contributed by atoms with Crippen LogP contribution in [-0.2, 0) is 23.8 Å². The zero-order valence-electron chi connectivity index (χ0n) is 12.5. The number of hydrogen-bond donors (Lipinski definition) is 1. The third-order valence-corrected chi connectivity index (χ3v) is 3.15. The number of rotatable bonds is 6. The smallest absolute Gasteiger partial charge is 0.481 e. The molecule has 1 atom stereocenters. The molecule has 1 N–H and O–H groups in total. The minimum absolute atomic E-state index is 0.0843. The van der Waals surface area contributed by atoms with E-state index in [4.69, 9.17) is 14.6 Å². The van der Waals surface area contributed by atoms with Crippen LogP contribution in [0.1, 0.15) is 25.3 Å². The summed E-state index contributed by atoms with van der Waals surface area (Å²) in [6.07, 6.45) is -1.89. The van der Waals surface area contributed by atoms with Crippen molar-refractivity contribution in [3.8, 4) is 0 Å². The highest BCUT2D eigenvalue weighted by molar-refractivity contribution is 6.02. The number of carboxylic acids is 1. The van der Waals surface area contributed by atoms with Crippen LogP contribution in [-0.4, -0.2) is 35.9 Å². The molecule has 7 heteroatoms. The third kappa shape index (κ3) is 4.09. The first-order chi connectivity index (χ1) is 11.0. The second-order valence-corrected chi connectivity index (χ2v) is 4.72. The maximum absolute atomic E-state index is 12.0. The first-order valence-electron chi connectivity index (χ1n) is 7.10. The monoisotopic (exact) mass is 320 g/mol. The topological polar surface area (TPSA) is 99.1 Å². The molecule has 2 rings (SSSR count). The average Bonchev–Trinajstić information content (AvgIpc) is 2.82. The van der Waals surface area contributed by atoms with Crippen molar-refractivity contribution < 1.29 is 33.7 Å². The number of ether oxygens (including phenoxy) is 3.